The van der Waals surface area contributed by atoms with E-state index in [-0.39, 0.29) is 13.1 Å². The molecule has 1 N–H and O–H groups in total. The van der Waals surface area contributed by atoms with Gasteiger partial charge in [0, 0.05) is 35.0 Å². The first-order chi connectivity index (χ1) is 15.0. The van der Waals surface area contributed by atoms with E-state index >= 15 is 0 Å². The molecule has 0 unspecified atom stereocenters. The van der Waals surface area contributed by atoms with Gasteiger partial charge in [-0.25, -0.2) is 0 Å². The number of para-hydroxylation sites is 2. The normalized spacial score (nSPS) is 14.3. The molecule has 0 bridgehead atoms. The number of nitrogens with zero attached hydrogens (tertiary/aromatic N) is 2. The van der Waals surface area contributed by atoms with Crippen molar-refractivity contribution in [2.75, 3.05) is 11.4 Å². The Morgan fingerprint density at radius 1 is 1.00 bits per heavy atom. The van der Waals surface area contributed by atoms with Gasteiger partial charge in [-0.3, -0.25) is 4.79 Å². The number of aliphatic carboxylic acids is 2. The van der Waals surface area contributed by atoms with Crippen molar-refractivity contribution in [3.8, 4) is 0 Å². The topological polar surface area (TPSA) is 84.5 Å². The Balaban J connectivity index is 1.71. The van der Waals surface area contributed by atoms with Gasteiger partial charge in [-0.05, 0) is 35.9 Å². The van der Waals surface area contributed by atoms with Crippen LogP contribution in [0.1, 0.15) is 11.3 Å². The quantitative estimate of drug-likeness (QED) is 0.629. The minimum atomic E-state index is -1.17. The molecule has 0 spiro atoms. The van der Waals surface area contributed by atoms with E-state index in [9.17, 15) is 19.8 Å². The summed E-state index contributed by atoms with van der Waals surface area (Å²) in [5.74, 6) is -2.10. The first-order valence-electron chi connectivity index (χ1n) is 9.79. The molecule has 2 heterocycles. The van der Waals surface area contributed by atoms with Gasteiger partial charge in [-0.15, -0.1) is 0 Å². The molecule has 2 aromatic carbocycles. The average Bonchev–Trinajstić information content (AvgIpc) is 2.76. The maximum atomic E-state index is 11.4. The fourth-order valence-electron chi connectivity index (χ4n) is 3.71. The van der Waals surface area contributed by atoms with Crippen LogP contribution in [0.25, 0.3) is 23.1 Å². The van der Waals surface area contributed by atoms with E-state index in [0.29, 0.717) is 5.69 Å². The molecule has 0 aliphatic carbocycles. The molecular weight excluding hydrogens is 392 g/mol. The number of carbonyl (C=O) groups is 2. The molecular formula is C25H20N2O4. The fourth-order valence-corrected chi connectivity index (χ4v) is 3.71. The number of carbonyl (C=O) groups excluding carboxylic acids is 1. The summed E-state index contributed by atoms with van der Waals surface area (Å²) >= 11 is 0. The molecule has 31 heavy (non-hydrogen) atoms. The number of allylic oxidation sites excluding steroid dienone is 3. The minimum absolute atomic E-state index is 0.165. The number of anilines is 1. The molecule has 6 nitrogen and oxygen atoms in total. The second-order valence-electron chi connectivity index (χ2n) is 7.10. The highest BCUT2D eigenvalue weighted by Crippen LogP contribution is 2.30. The third kappa shape index (κ3) is 4.38. The van der Waals surface area contributed by atoms with Crippen molar-refractivity contribution in [1.29, 1.82) is 0 Å². The van der Waals surface area contributed by atoms with Crippen LogP contribution in [-0.4, -0.2) is 23.6 Å². The summed E-state index contributed by atoms with van der Waals surface area (Å²) in [6, 6.07) is 18.9. The Kier molecular flexibility index (Phi) is 5.62. The number of carboxylic acids is 2. The van der Waals surface area contributed by atoms with Crippen molar-refractivity contribution < 1.29 is 24.4 Å². The molecule has 3 aromatic rings. The number of rotatable bonds is 6. The molecule has 0 saturated heterocycles. The molecule has 0 fully saturated rings. The van der Waals surface area contributed by atoms with Gasteiger partial charge in [0.25, 0.3) is 0 Å². The maximum absolute atomic E-state index is 11.4. The summed E-state index contributed by atoms with van der Waals surface area (Å²) in [6.45, 7) is -0.433. The van der Waals surface area contributed by atoms with Crippen LogP contribution in [0.5, 0.6) is 0 Å². The number of aromatic nitrogens is 1. The van der Waals surface area contributed by atoms with Crippen LogP contribution in [0.3, 0.4) is 0 Å². The molecule has 1 aromatic heterocycles. The number of benzene rings is 2. The lowest BCUT2D eigenvalue weighted by Gasteiger charge is -2.28. The molecule has 1 aliphatic rings. The monoisotopic (exact) mass is 412 g/mol. The van der Waals surface area contributed by atoms with E-state index in [4.69, 9.17) is 0 Å². The number of hydrogen-bond donors (Lipinski definition) is 1. The Labute approximate surface area is 179 Å². The second-order valence-corrected chi connectivity index (χ2v) is 7.10. The minimum Gasteiger partial charge on any atom is -0.544 e. The molecule has 154 valence electrons. The van der Waals surface area contributed by atoms with Crippen LogP contribution < -0.4 is 14.6 Å². The largest absolute Gasteiger partial charge is 0.544 e. The molecule has 0 radical (unpaired) electrons. The first-order valence-corrected chi connectivity index (χ1v) is 9.79. The molecule has 0 amide bonds. The molecule has 6 heteroatoms. The van der Waals surface area contributed by atoms with Gasteiger partial charge in [-0.1, -0.05) is 42.5 Å². The standard InChI is InChI=1S/C25H20N2O4/c28-24(29)16-26-20(14-12-18-6-1-3-10-22(18)26)8-5-9-21-15-13-19-7-2-4-11-23(19)27(21)17-25(30)31/h1-15H,16-17H2,(H-,28,29,30,31). The number of pyridine rings is 1. The zero-order valence-electron chi connectivity index (χ0n) is 16.6. The van der Waals surface area contributed by atoms with Crippen LogP contribution in [0.4, 0.5) is 5.69 Å². The van der Waals surface area contributed by atoms with Gasteiger partial charge in [-0.2, -0.15) is 4.57 Å². The Bertz CT molecular complexity index is 1260. The molecule has 0 saturated carbocycles. The van der Waals surface area contributed by atoms with E-state index in [1.165, 1.54) is 0 Å². The van der Waals surface area contributed by atoms with Gasteiger partial charge >= 0.3 is 5.97 Å². The van der Waals surface area contributed by atoms with Gasteiger partial charge in [0.15, 0.2) is 6.54 Å². The number of hydrogen-bond acceptors (Lipinski definition) is 4. The zero-order valence-corrected chi connectivity index (χ0v) is 16.6. The predicted octanol–water partition coefficient (Wildman–Crippen LogP) is 2.39. The smallest absolute Gasteiger partial charge is 0.323 e. The van der Waals surface area contributed by atoms with Gasteiger partial charge in [0.05, 0.1) is 0 Å². The third-order valence-corrected chi connectivity index (χ3v) is 5.06. The predicted molar refractivity (Wildman–Crippen MR) is 117 cm³/mol. The van der Waals surface area contributed by atoms with Crippen LogP contribution in [0.2, 0.25) is 0 Å². The molecule has 4 rings (SSSR count). The van der Waals surface area contributed by atoms with Crippen LogP contribution >= 0.6 is 0 Å². The highest BCUT2D eigenvalue weighted by Gasteiger charge is 2.19. The van der Waals surface area contributed by atoms with Crippen molar-refractivity contribution in [3.63, 3.8) is 0 Å². The zero-order chi connectivity index (χ0) is 21.8. The van der Waals surface area contributed by atoms with E-state index in [1.807, 2.05) is 78.9 Å². The molecule has 0 atom stereocenters. The lowest BCUT2D eigenvalue weighted by atomic mass is 10.1. The highest BCUT2D eigenvalue weighted by atomic mass is 16.4. The van der Waals surface area contributed by atoms with Crippen molar-refractivity contribution in [3.05, 3.63) is 95.8 Å². The van der Waals surface area contributed by atoms with E-state index in [1.54, 1.807) is 21.6 Å². The van der Waals surface area contributed by atoms with E-state index in [2.05, 4.69) is 0 Å². The summed E-state index contributed by atoms with van der Waals surface area (Å²) in [6.07, 6.45) is 9.22. The van der Waals surface area contributed by atoms with Crippen molar-refractivity contribution in [2.45, 2.75) is 6.54 Å². The summed E-state index contributed by atoms with van der Waals surface area (Å²) < 4.78 is 1.68. The van der Waals surface area contributed by atoms with E-state index < -0.39 is 11.9 Å². The Morgan fingerprint density at radius 3 is 2.58 bits per heavy atom. The summed E-state index contributed by atoms with van der Waals surface area (Å²) in [5, 5.41) is 21.6. The number of fused-ring (bicyclic) bond motifs is 2. The molecule has 1 aliphatic heterocycles. The van der Waals surface area contributed by atoms with Crippen LogP contribution in [0.15, 0.2) is 84.6 Å². The average molecular weight is 412 g/mol. The highest BCUT2D eigenvalue weighted by molar-refractivity contribution is 5.83. The van der Waals surface area contributed by atoms with E-state index in [0.717, 1.165) is 27.9 Å². The fraction of sp³-hybridized carbons (Fsp3) is 0.0800. The summed E-state index contributed by atoms with van der Waals surface area (Å²) in [7, 11) is 0. The van der Waals surface area contributed by atoms with Gasteiger partial charge in [0.1, 0.15) is 12.5 Å². The lowest BCUT2D eigenvalue weighted by molar-refractivity contribution is -0.667. The maximum Gasteiger partial charge on any atom is 0.323 e. The van der Waals surface area contributed by atoms with Crippen molar-refractivity contribution in [2.24, 2.45) is 0 Å². The second kappa shape index (κ2) is 8.67. The lowest BCUT2D eigenvalue weighted by Crippen LogP contribution is -2.46. The Morgan fingerprint density at radius 2 is 1.77 bits per heavy atom. The Hall–Kier alpha value is -4.19. The van der Waals surface area contributed by atoms with Crippen molar-refractivity contribution in [1.82, 2.24) is 0 Å². The van der Waals surface area contributed by atoms with Gasteiger partial charge < -0.3 is 19.9 Å². The summed E-state index contributed by atoms with van der Waals surface area (Å²) in [5.41, 5.74) is 3.99. The SMILES string of the molecule is O=C([O-])C[n+]1c(C=CC=C2C=Cc3ccccc3N2CC(=O)O)ccc2ccccc21. The van der Waals surface area contributed by atoms with Crippen molar-refractivity contribution >= 4 is 40.7 Å². The number of carboxylic acid groups (broad SMARTS) is 2. The van der Waals surface area contributed by atoms with Crippen LogP contribution in [0, 0.1) is 0 Å². The summed E-state index contributed by atoms with van der Waals surface area (Å²) in [4.78, 5) is 24.5. The van der Waals surface area contributed by atoms with Gasteiger partial charge in [0.2, 0.25) is 11.2 Å². The first kappa shape index (κ1) is 20.1. The van der Waals surface area contributed by atoms with Crippen LogP contribution in [-0.2, 0) is 16.1 Å². The third-order valence-electron chi connectivity index (χ3n) is 5.06.